The standard InChI is InChI=1S/C23H24F3N3OS/c1-15(2)29-21(22(31)27-12-11-17-9-7-16(3)8-10-17)20(14-28-29)30-19-6-4-5-18(13-19)23(24,25)26/h4-10,13-15H,11-12H2,1-3H3,(H,27,31). The third-order valence-electron chi connectivity index (χ3n) is 4.68. The molecule has 0 aliphatic rings. The number of alkyl halides is 3. The number of aryl methyl sites for hydroxylation is 1. The SMILES string of the molecule is Cc1ccc(CCNC(=S)c2c(Oc3cccc(C(F)(F)F)c3)cnn2C(C)C)cc1. The van der Waals surface area contributed by atoms with Crippen molar-refractivity contribution < 1.29 is 17.9 Å². The number of benzene rings is 2. The molecule has 8 heteroatoms. The molecule has 0 bridgehead atoms. The minimum Gasteiger partial charge on any atom is -0.453 e. The summed E-state index contributed by atoms with van der Waals surface area (Å²) in [7, 11) is 0. The van der Waals surface area contributed by atoms with Crippen molar-refractivity contribution in [3.63, 3.8) is 0 Å². The molecule has 164 valence electrons. The molecule has 2 aromatic carbocycles. The van der Waals surface area contributed by atoms with E-state index < -0.39 is 11.7 Å². The molecule has 0 saturated heterocycles. The van der Waals surface area contributed by atoms with Crippen molar-refractivity contribution in [1.82, 2.24) is 15.1 Å². The van der Waals surface area contributed by atoms with Gasteiger partial charge in [0.05, 0.1) is 11.8 Å². The zero-order chi connectivity index (χ0) is 22.6. The Bertz CT molecular complexity index is 1040. The van der Waals surface area contributed by atoms with Crippen molar-refractivity contribution in [3.05, 3.63) is 77.1 Å². The first-order chi connectivity index (χ1) is 14.6. The van der Waals surface area contributed by atoms with Crippen molar-refractivity contribution in [2.75, 3.05) is 6.54 Å². The Balaban J connectivity index is 1.77. The highest BCUT2D eigenvalue weighted by Crippen LogP contribution is 2.33. The number of hydrogen-bond donors (Lipinski definition) is 1. The maximum atomic E-state index is 13.0. The van der Waals surface area contributed by atoms with Crippen LogP contribution in [0.5, 0.6) is 11.5 Å². The minimum atomic E-state index is -4.45. The van der Waals surface area contributed by atoms with E-state index in [4.69, 9.17) is 17.0 Å². The minimum absolute atomic E-state index is 0.00860. The van der Waals surface area contributed by atoms with Gasteiger partial charge in [-0.1, -0.05) is 48.1 Å². The van der Waals surface area contributed by atoms with E-state index in [1.54, 1.807) is 4.68 Å². The lowest BCUT2D eigenvalue weighted by atomic mass is 10.1. The van der Waals surface area contributed by atoms with Gasteiger partial charge in [-0.25, -0.2) is 0 Å². The third-order valence-corrected chi connectivity index (χ3v) is 5.01. The lowest BCUT2D eigenvalue weighted by Crippen LogP contribution is -2.28. The summed E-state index contributed by atoms with van der Waals surface area (Å²) in [6, 6.07) is 13.0. The fourth-order valence-electron chi connectivity index (χ4n) is 3.05. The number of ether oxygens (including phenoxy) is 1. The van der Waals surface area contributed by atoms with Crippen LogP contribution >= 0.6 is 12.2 Å². The van der Waals surface area contributed by atoms with Gasteiger partial charge in [0.25, 0.3) is 0 Å². The van der Waals surface area contributed by atoms with Crippen molar-refractivity contribution >= 4 is 17.2 Å². The van der Waals surface area contributed by atoms with Gasteiger partial charge in [-0.3, -0.25) is 4.68 Å². The number of thiocarbonyl (C=S) groups is 1. The van der Waals surface area contributed by atoms with E-state index in [1.165, 1.54) is 29.5 Å². The summed E-state index contributed by atoms with van der Waals surface area (Å²) in [5, 5.41) is 7.54. The van der Waals surface area contributed by atoms with E-state index >= 15 is 0 Å². The molecule has 1 aromatic heterocycles. The summed E-state index contributed by atoms with van der Waals surface area (Å²) in [5.74, 6) is 0.377. The number of rotatable bonds is 7. The Morgan fingerprint density at radius 3 is 2.52 bits per heavy atom. The van der Waals surface area contributed by atoms with E-state index in [2.05, 4.69) is 34.7 Å². The molecule has 0 atom stereocenters. The summed E-state index contributed by atoms with van der Waals surface area (Å²) < 4.78 is 46.5. The molecular weight excluding hydrogens is 423 g/mol. The number of nitrogens with one attached hydrogen (secondary N) is 1. The Kier molecular flexibility index (Phi) is 7.00. The van der Waals surface area contributed by atoms with Gasteiger partial charge in [0.15, 0.2) is 5.75 Å². The second-order valence-corrected chi connectivity index (χ2v) is 7.92. The molecule has 0 radical (unpaired) electrons. The van der Waals surface area contributed by atoms with Crippen molar-refractivity contribution in [3.8, 4) is 11.5 Å². The maximum absolute atomic E-state index is 13.0. The van der Waals surface area contributed by atoms with E-state index in [9.17, 15) is 13.2 Å². The third kappa shape index (κ3) is 5.85. The average Bonchev–Trinajstić information content (AvgIpc) is 3.13. The Morgan fingerprint density at radius 1 is 1.16 bits per heavy atom. The highest BCUT2D eigenvalue weighted by molar-refractivity contribution is 7.80. The first kappa shape index (κ1) is 22.8. The quantitative estimate of drug-likeness (QED) is 0.445. The predicted molar refractivity (Wildman–Crippen MR) is 119 cm³/mol. The Morgan fingerprint density at radius 2 is 1.87 bits per heavy atom. The second kappa shape index (κ2) is 9.51. The number of nitrogens with zero attached hydrogens (tertiary/aromatic N) is 2. The van der Waals surface area contributed by atoms with Crippen molar-refractivity contribution in [2.45, 2.75) is 39.4 Å². The molecule has 1 N–H and O–H groups in total. The first-order valence-electron chi connectivity index (χ1n) is 9.91. The number of halogens is 3. The molecular formula is C23H24F3N3OS. The van der Waals surface area contributed by atoms with Crippen LogP contribution in [0.25, 0.3) is 0 Å². The molecule has 31 heavy (non-hydrogen) atoms. The summed E-state index contributed by atoms with van der Waals surface area (Å²) in [6.45, 7) is 6.53. The van der Waals surface area contributed by atoms with Crippen LogP contribution in [0.15, 0.2) is 54.7 Å². The largest absolute Gasteiger partial charge is 0.453 e. The van der Waals surface area contributed by atoms with Gasteiger partial charge >= 0.3 is 6.18 Å². The fraction of sp³-hybridized carbons (Fsp3) is 0.304. The van der Waals surface area contributed by atoms with E-state index in [1.807, 2.05) is 20.8 Å². The highest BCUT2D eigenvalue weighted by Gasteiger charge is 2.31. The molecule has 0 aliphatic carbocycles. The molecule has 0 aliphatic heterocycles. The molecule has 0 saturated carbocycles. The monoisotopic (exact) mass is 447 g/mol. The first-order valence-corrected chi connectivity index (χ1v) is 10.3. The normalized spacial score (nSPS) is 11.6. The van der Waals surface area contributed by atoms with Crippen LogP contribution in [0, 0.1) is 6.92 Å². The smallest absolute Gasteiger partial charge is 0.416 e. The van der Waals surface area contributed by atoms with Gasteiger partial charge in [-0.05, 0) is 51.0 Å². The van der Waals surface area contributed by atoms with Gasteiger partial charge in [0.1, 0.15) is 16.4 Å². The van der Waals surface area contributed by atoms with Crippen LogP contribution in [-0.4, -0.2) is 21.3 Å². The van der Waals surface area contributed by atoms with E-state index in [0.29, 0.717) is 23.0 Å². The van der Waals surface area contributed by atoms with Crippen LogP contribution in [0.4, 0.5) is 13.2 Å². The van der Waals surface area contributed by atoms with Crippen LogP contribution in [-0.2, 0) is 12.6 Å². The second-order valence-electron chi connectivity index (χ2n) is 7.51. The van der Waals surface area contributed by atoms with E-state index in [0.717, 1.165) is 18.6 Å². The molecule has 0 amide bonds. The van der Waals surface area contributed by atoms with Gasteiger partial charge in [-0.15, -0.1) is 0 Å². The molecule has 3 aromatic rings. The molecule has 3 rings (SSSR count). The van der Waals surface area contributed by atoms with Crippen LogP contribution < -0.4 is 10.1 Å². The van der Waals surface area contributed by atoms with Crippen LogP contribution in [0.3, 0.4) is 0 Å². The van der Waals surface area contributed by atoms with E-state index in [-0.39, 0.29) is 11.8 Å². The molecule has 0 fully saturated rings. The number of aromatic nitrogens is 2. The Labute approximate surface area is 185 Å². The van der Waals surface area contributed by atoms with Gasteiger partial charge in [-0.2, -0.15) is 18.3 Å². The average molecular weight is 448 g/mol. The summed E-state index contributed by atoms with van der Waals surface area (Å²) in [4.78, 5) is 0.431. The van der Waals surface area contributed by atoms with Gasteiger partial charge in [0, 0.05) is 12.6 Å². The zero-order valence-electron chi connectivity index (χ0n) is 17.5. The molecule has 0 spiro atoms. The summed E-state index contributed by atoms with van der Waals surface area (Å²) in [6.07, 6.45) is -2.19. The number of hydrogen-bond acceptors (Lipinski definition) is 3. The Hall–Kier alpha value is -2.87. The van der Waals surface area contributed by atoms with Crippen LogP contribution in [0.1, 0.15) is 42.3 Å². The topological polar surface area (TPSA) is 39.1 Å². The lowest BCUT2D eigenvalue weighted by molar-refractivity contribution is -0.137. The van der Waals surface area contributed by atoms with Gasteiger partial charge in [0.2, 0.25) is 0 Å². The highest BCUT2D eigenvalue weighted by atomic mass is 32.1. The molecule has 0 unspecified atom stereocenters. The lowest BCUT2D eigenvalue weighted by Gasteiger charge is -2.15. The summed E-state index contributed by atoms with van der Waals surface area (Å²) >= 11 is 5.57. The molecule has 1 heterocycles. The summed E-state index contributed by atoms with van der Waals surface area (Å²) in [5.41, 5.74) is 2.14. The molecule has 4 nitrogen and oxygen atoms in total. The van der Waals surface area contributed by atoms with Crippen molar-refractivity contribution in [2.24, 2.45) is 0 Å². The van der Waals surface area contributed by atoms with Gasteiger partial charge < -0.3 is 10.1 Å². The van der Waals surface area contributed by atoms with Crippen LogP contribution in [0.2, 0.25) is 0 Å². The van der Waals surface area contributed by atoms with Crippen molar-refractivity contribution in [1.29, 1.82) is 0 Å². The zero-order valence-corrected chi connectivity index (χ0v) is 18.3. The predicted octanol–water partition coefficient (Wildman–Crippen LogP) is 6.09. The maximum Gasteiger partial charge on any atom is 0.416 e. The fourth-order valence-corrected chi connectivity index (χ4v) is 3.35.